The summed E-state index contributed by atoms with van der Waals surface area (Å²) in [4.78, 5) is 11.1. The first-order valence-electron chi connectivity index (χ1n) is 6.13. The minimum atomic E-state index is -0.620. The van der Waals surface area contributed by atoms with E-state index in [0.717, 1.165) is 6.07 Å². The van der Waals surface area contributed by atoms with Crippen LogP contribution >= 0.6 is 11.6 Å². The quantitative estimate of drug-likeness (QED) is 0.798. The van der Waals surface area contributed by atoms with Gasteiger partial charge in [-0.25, -0.2) is 4.39 Å². The van der Waals surface area contributed by atoms with Crippen molar-refractivity contribution in [3.63, 3.8) is 0 Å². The summed E-state index contributed by atoms with van der Waals surface area (Å²) in [5, 5.41) is 9.16. The second-order valence-corrected chi connectivity index (χ2v) is 4.81. The summed E-state index contributed by atoms with van der Waals surface area (Å²) < 4.78 is 19.1. The Kier molecular flexibility index (Phi) is 4.56. The predicted molar refractivity (Wildman–Crippen MR) is 76.9 cm³/mol. The molecule has 0 heterocycles. The van der Waals surface area contributed by atoms with E-state index in [-0.39, 0.29) is 18.0 Å². The fourth-order valence-corrected chi connectivity index (χ4v) is 2.00. The van der Waals surface area contributed by atoms with Gasteiger partial charge < -0.3 is 4.74 Å². The molecule has 0 N–H and O–H groups in total. The SMILES string of the molecule is CC(=O)c1ccc(OCc2ccc(C#N)cc2Cl)cc1F. The van der Waals surface area contributed by atoms with E-state index in [1.807, 2.05) is 6.07 Å². The smallest absolute Gasteiger partial charge is 0.162 e. The molecule has 0 aromatic heterocycles. The van der Waals surface area contributed by atoms with Gasteiger partial charge in [0.1, 0.15) is 18.2 Å². The van der Waals surface area contributed by atoms with Crippen molar-refractivity contribution < 1.29 is 13.9 Å². The molecule has 2 rings (SSSR count). The summed E-state index contributed by atoms with van der Waals surface area (Å²) in [5.74, 6) is -0.655. The normalized spacial score (nSPS) is 10.0. The van der Waals surface area contributed by atoms with Crippen LogP contribution < -0.4 is 4.74 Å². The first-order chi connectivity index (χ1) is 10.0. The number of benzene rings is 2. The van der Waals surface area contributed by atoms with Gasteiger partial charge in [-0.3, -0.25) is 4.79 Å². The van der Waals surface area contributed by atoms with Crippen molar-refractivity contribution in [2.75, 3.05) is 0 Å². The summed E-state index contributed by atoms with van der Waals surface area (Å²) in [6.07, 6.45) is 0. The average molecular weight is 304 g/mol. The number of rotatable bonds is 4. The molecule has 21 heavy (non-hydrogen) atoms. The molecule has 0 fully saturated rings. The highest BCUT2D eigenvalue weighted by Crippen LogP contribution is 2.22. The molecule has 0 saturated heterocycles. The summed E-state index contributed by atoms with van der Waals surface area (Å²) in [6, 6.07) is 10.9. The molecule has 2 aromatic carbocycles. The number of ketones is 1. The van der Waals surface area contributed by atoms with Crippen LogP contribution in [-0.2, 0) is 6.61 Å². The molecular weight excluding hydrogens is 293 g/mol. The molecule has 0 radical (unpaired) electrons. The highest BCUT2D eigenvalue weighted by atomic mass is 35.5. The lowest BCUT2D eigenvalue weighted by molar-refractivity contribution is 0.101. The van der Waals surface area contributed by atoms with Crippen molar-refractivity contribution in [3.8, 4) is 11.8 Å². The molecule has 5 heteroatoms. The largest absolute Gasteiger partial charge is 0.489 e. The topological polar surface area (TPSA) is 50.1 Å². The Morgan fingerprint density at radius 1 is 1.33 bits per heavy atom. The Morgan fingerprint density at radius 3 is 2.67 bits per heavy atom. The zero-order valence-corrected chi connectivity index (χ0v) is 11.9. The van der Waals surface area contributed by atoms with E-state index in [1.165, 1.54) is 19.1 Å². The van der Waals surface area contributed by atoms with Crippen LogP contribution in [0.4, 0.5) is 4.39 Å². The number of hydrogen-bond donors (Lipinski definition) is 0. The molecule has 0 amide bonds. The standard InChI is InChI=1S/C16H11ClFNO2/c1-10(20)14-5-4-13(7-16(14)18)21-9-12-3-2-11(8-19)6-15(12)17/h2-7H,9H2,1H3. The Bertz CT molecular complexity index is 738. The Hall–Kier alpha value is -2.38. The van der Waals surface area contributed by atoms with Crippen molar-refractivity contribution >= 4 is 17.4 Å². The Balaban J connectivity index is 2.12. The number of nitriles is 1. The van der Waals surface area contributed by atoms with Crippen molar-refractivity contribution in [2.24, 2.45) is 0 Å². The van der Waals surface area contributed by atoms with Crippen LogP contribution in [0.3, 0.4) is 0 Å². The number of nitrogens with zero attached hydrogens (tertiary/aromatic N) is 1. The van der Waals surface area contributed by atoms with Crippen LogP contribution in [0.15, 0.2) is 36.4 Å². The van der Waals surface area contributed by atoms with Gasteiger partial charge in [-0.1, -0.05) is 17.7 Å². The first kappa shape index (κ1) is 15.0. The first-order valence-corrected chi connectivity index (χ1v) is 6.51. The van der Waals surface area contributed by atoms with Gasteiger partial charge in [0.15, 0.2) is 5.78 Å². The number of Topliss-reactive ketones (excluding diaryl/α,β-unsaturated/α-hetero) is 1. The van der Waals surface area contributed by atoms with E-state index in [9.17, 15) is 9.18 Å². The lowest BCUT2D eigenvalue weighted by Gasteiger charge is -2.09. The van der Waals surface area contributed by atoms with Gasteiger partial charge >= 0.3 is 0 Å². The van der Waals surface area contributed by atoms with Gasteiger partial charge in [0.25, 0.3) is 0 Å². The van der Waals surface area contributed by atoms with Gasteiger partial charge in [-0.15, -0.1) is 0 Å². The van der Waals surface area contributed by atoms with Gasteiger partial charge in [-0.2, -0.15) is 5.26 Å². The molecule has 0 saturated carbocycles. The molecule has 0 unspecified atom stereocenters. The molecule has 106 valence electrons. The minimum absolute atomic E-state index is 0.0266. The zero-order valence-electron chi connectivity index (χ0n) is 11.2. The van der Waals surface area contributed by atoms with E-state index in [0.29, 0.717) is 21.9 Å². The van der Waals surface area contributed by atoms with Crippen molar-refractivity contribution in [1.29, 1.82) is 5.26 Å². The molecule has 0 atom stereocenters. The van der Waals surface area contributed by atoms with E-state index in [2.05, 4.69) is 0 Å². The monoisotopic (exact) mass is 303 g/mol. The van der Waals surface area contributed by atoms with E-state index in [4.69, 9.17) is 21.6 Å². The summed E-state index contributed by atoms with van der Waals surface area (Å²) in [5.41, 5.74) is 1.17. The van der Waals surface area contributed by atoms with Gasteiger partial charge in [0, 0.05) is 16.7 Å². The van der Waals surface area contributed by atoms with Gasteiger partial charge in [0.05, 0.1) is 17.2 Å². The third-order valence-corrected chi connectivity index (χ3v) is 3.25. The fraction of sp³-hybridized carbons (Fsp3) is 0.125. The predicted octanol–water partition coefficient (Wildman–Crippen LogP) is 4.13. The van der Waals surface area contributed by atoms with E-state index < -0.39 is 5.82 Å². The van der Waals surface area contributed by atoms with Crippen molar-refractivity contribution in [2.45, 2.75) is 13.5 Å². The van der Waals surface area contributed by atoms with Gasteiger partial charge in [0.2, 0.25) is 0 Å². The Labute approximate surface area is 126 Å². The summed E-state index contributed by atoms with van der Waals surface area (Å²) in [7, 11) is 0. The third kappa shape index (κ3) is 3.59. The zero-order chi connectivity index (χ0) is 15.4. The summed E-state index contributed by atoms with van der Waals surface area (Å²) >= 11 is 6.02. The number of carbonyl (C=O) groups excluding carboxylic acids is 1. The van der Waals surface area contributed by atoms with Crippen LogP contribution in [0.2, 0.25) is 5.02 Å². The molecule has 0 spiro atoms. The van der Waals surface area contributed by atoms with Gasteiger partial charge in [-0.05, 0) is 31.2 Å². The van der Waals surface area contributed by atoms with Crippen LogP contribution in [-0.4, -0.2) is 5.78 Å². The number of hydrogen-bond acceptors (Lipinski definition) is 3. The maximum atomic E-state index is 13.6. The van der Waals surface area contributed by atoms with E-state index in [1.54, 1.807) is 18.2 Å². The number of halogens is 2. The molecule has 0 aliphatic carbocycles. The number of carbonyl (C=O) groups is 1. The minimum Gasteiger partial charge on any atom is -0.489 e. The average Bonchev–Trinajstić information content (AvgIpc) is 2.45. The lowest BCUT2D eigenvalue weighted by atomic mass is 10.1. The molecule has 0 aliphatic heterocycles. The molecule has 0 bridgehead atoms. The van der Waals surface area contributed by atoms with Crippen molar-refractivity contribution in [3.05, 3.63) is 63.9 Å². The second kappa shape index (κ2) is 6.38. The maximum absolute atomic E-state index is 13.6. The van der Waals surface area contributed by atoms with Crippen LogP contribution in [0.25, 0.3) is 0 Å². The van der Waals surface area contributed by atoms with Crippen LogP contribution in [0.5, 0.6) is 5.75 Å². The third-order valence-electron chi connectivity index (χ3n) is 2.90. The molecule has 2 aromatic rings. The number of ether oxygens (including phenoxy) is 1. The highest BCUT2D eigenvalue weighted by molar-refractivity contribution is 6.31. The highest BCUT2D eigenvalue weighted by Gasteiger charge is 2.09. The van der Waals surface area contributed by atoms with Crippen LogP contribution in [0.1, 0.15) is 28.4 Å². The second-order valence-electron chi connectivity index (χ2n) is 4.40. The lowest BCUT2D eigenvalue weighted by Crippen LogP contribution is -2.00. The van der Waals surface area contributed by atoms with E-state index >= 15 is 0 Å². The molecule has 0 aliphatic rings. The summed E-state index contributed by atoms with van der Waals surface area (Å²) in [6.45, 7) is 1.44. The Morgan fingerprint density at radius 2 is 2.10 bits per heavy atom. The molecular formula is C16H11ClFNO2. The fourth-order valence-electron chi connectivity index (χ4n) is 1.77. The van der Waals surface area contributed by atoms with Crippen molar-refractivity contribution in [1.82, 2.24) is 0 Å². The maximum Gasteiger partial charge on any atom is 0.162 e. The molecule has 3 nitrogen and oxygen atoms in total. The van der Waals surface area contributed by atoms with Crippen LogP contribution in [0, 0.1) is 17.1 Å².